The Morgan fingerprint density at radius 2 is 1.74 bits per heavy atom. The third-order valence-corrected chi connectivity index (χ3v) is 8.43. The van der Waals surface area contributed by atoms with Gasteiger partial charge in [-0.15, -0.1) is 0 Å². The number of hydrogen-bond donors (Lipinski definition) is 0. The minimum atomic E-state index is -0.722. The number of unbranched alkanes of at least 4 members (excludes halogenated alkanes) is 2. The molecule has 1 aromatic heterocycles. The maximum Gasteiger partial charge on any atom is 0.300 e. The van der Waals surface area contributed by atoms with Crippen molar-refractivity contribution < 1.29 is 19.1 Å². The van der Waals surface area contributed by atoms with Crippen LogP contribution in [0.1, 0.15) is 55.3 Å². The van der Waals surface area contributed by atoms with Crippen LogP contribution in [-0.4, -0.2) is 29.4 Å². The molecule has 6 nitrogen and oxygen atoms in total. The summed E-state index contributed by atoms with van der Waals surface area (Å²) in [4.78, 5) is 28.4. The highest BCUT2D eigenvalue weighted by Crippen LogP contribution is 2.55. The number of ketones is 1. The number of benzene rings is 2. The second kappa shape index (κ2) is 8.36. The van der Waals surface area contributed by atoms with Crippen LogP contribution in [0.3, 0.4) is 0 Å². The van der Waals surface area contributed by atoms with Crippen LogP contribution in [0.5, 0.6) is 11.5 Å². The summed E-state index contributed by atoms with van der Waals surface area (Å²) in [6.07, 6.45) is 3.36. The van der Waals surface area contributed by atoms with Gasteiger partial charge in [0, 0.05) is 11.1 Å². The van der Waals surface area contributed by atoms with Gasteiger partial charge >= 0.3 is 0 Å². The molecule has 176 valence electrons. The number of carbonyl (C=O) groups is 2. The quantitative estimate of drug-likeness (QED) is 0.219. The lowest BCUT2D eigenvalue weighted by Gasteiger charge is -2.39. The summed E-state index contributed by atoms with van der Waals surface area (Å²) in [6.45, 7) is 6.80. The van der Waals surface area contributed by atoms with Gasteiger partial charge in [-0.1, -0.05) is 43.5 Å². The second-order valence-corrected chi connectivity index (χ2v) is 10.4. The zero-order valence-corrected chi connectivity index (χ0v) is 21.3. The molecule has 0 saturated heterocycles. The second-order valence-electron chi connectivity index (χ2n) is 9.04. The molecule has 5 rings (SSSR count). The van der Waals surface area contributed by atoms with E-state index in [1.54, 1.807) is 18.1 Å². The van der Waals surface area contributed by atoms with Gasteiger partial charge in [0.05, 0.1) is 41.1 Å². The molecule has 2 aliphatic rings. The summed E-state index contributed by atoms with van der Waals surface area (Å²) in [5.41, 5.74) is 2.84. The Bertz CT molecular complexity index is 1370. The average molecular weight is 495 g/mol. The van der Waals surface area contributed by atoms with Crippen LogP contribution >= 0.6 is 23.8 Å². The van der Waals surface area contributed by atoms with E-state index in [2.05, 4.69) is 6.92 Å². The lowest BCUT2D eigenvalue weighted by Crippen LogP contribution is -2.46. The Balaban J connectivity index is 1.61. The topological polar surface area (TPSA) is 60.8 Å². The third kappa shape index (κ3) is 3.31. The van der Waals surface area contributed by atoms with Crippen molar-refractivity contribution in [2.45, 2.75) is 45.6 Å². The fourth-order valence-corrected chi connectivity index (χ4v) is 6.40. The fraction of sp³-hybridized carbons (Fsp3) is 0.346. The fourth-order valence-electron chi connectivity index (χ4n) is 4.71. The van der Waals surface area contributed by atoms with E-state index < -0.39 is 17.2 Å². The van der Waals surface area contributed by atoms with Crippen LogP contribution in [-0.2, 0) is 10.3 Å². The number of amides is 1. The number of anilines is 1. The minimum Gasteiger partial charge on any atom is -0.497 e. The first-order chi connectivity index (χ1) is 16.3. The van der Waals surface area contributed by atoms with Crippen molar-refractivity contribution in [1.82, 2.24) is 3.96 Å². The number of aromatic nitrogens is 1. The summed E-state index contributed by atoms with van der Waals surface area (Å²) >= 11 is 7.46. The molecule has 3 heterocycles. The monoisotopic (exact) mass is 494 g/mol. The van der Waals surface area contributed by atoms with Gasteiger partial charge in [0.25, 0.3) is 11.7 Å². The van der Waals surface area contributed by atoms with Crippen molar-refractivity contribution >= 4 is 41.1 Å². The molecule has 0 aliphatic carbocycles. The highest BCUT2D eigenvalue weighted by atomic mass is 32.1. The van der Waals surface area contributed by atoms with Crippen molar-refractivity contribution in [1.29, 1.82) is 0 Å². The Morgan fingerprint density at radius 3 is 2.41 bits per heavy atom. The van der Waals surface area contributed by atoms with E-state index in [0.717, 1.165) is 46.7 Å². The number of methoxy groups -OCH3 is 1. The van der Waals surface area contributed by atoms with Crippen molar-refractivity contribution in [3.8, 4) is 28.3 Å². The summed E-state index contributed by atoms with van der Waals surface area (Å²) in [6, 6.07) is 11.4. The van der Waals surface area contributed by atoms with Crippen LogP contribution in [0.4, 0.5) is 5.69 Å². The Hall–Kier alpha value is -2.97. The van der Waals surface area contributed by atoms with Crippen LogP contribution < -0.4 is 14.4 Å². The summed E-state index contributed by atoms with van der Waals surface area (Å²) in [7, 11) is 1.55. The van der Waals surface area contributed by atoms with E-state index in [1.165, 1.54) is 11.5 Å². The van der Waals surface area contributed by atoms with Crippen LogP contribution in [0.2, 0.25) is 0 Å². The normalized spacial score (nSPS) is 15.4. The van der Waals surface area contributed by atoms with Crippen molar-refractivity contribution in [3.05, 3.63) is 51.5 Å². The lowest BCUT2D eigenvalue weighted by atomic mass is 9.87. The molecule has 0 unspecified atom stereocenters. The van der Waals surface area contributed by atoms with E-state index in [-0.39, 0.29) is 0 Å². The predicted molar refractivity (Wildman–Crippen MR) is 136 cm³/mol. The minimum absolute atomic E-state index is 0.370. The SMILES string of the molecule is CCCCCOc1ccc(-n2sc3c(c2=S)-c2cc(OC)cc4c2N(C(=O)C4=O)C3(C)C)cc1. The van der Waals surface area contributed by atoms with Gasteiger partial charge in [-0.05, 0) is 56.7 Å². The largest absolute Gasteiger partial charge is 0.497 e. The zero-order valence-electron chi connectivity index (χ0n) is 19.6. The first-order valence-corrected chi connectivity index (χ1v) is 12.6. The Labute approximate surface area is 207 Å². The average Bonchev–Trinajstić information content (AvgIpc) is 3.31. The zero-order chi connectivity index (χ0) is 24.2. The molecular weight excluding hydrogens is 468 g/mol. The van der Waals surface area contributed by atoms with Gasteiger partial charge < -0.3 is 9.47 Å². The molecule has 0 fully saturated rings. The van der Waals surface area contributed by atoms with Crippen LogP contribution in [0, 0.1) is 4.64 Å². The molecule has 0 radical (unpaired) electrons. The third-order valence-electron chi connectivity index (χ3n) is 6.46. The highest BCUT2D eigenvalue weighted by molar-refractivity contribution is 7.71. The van der Waals surface area contributed by atoms with Crippen LogP contribution in [0.25, 0.3) is 16.8 Å². The van der Waals surface area contributed by atoms with Gasteiger partial charge in [-0.2, -0.15) is 0 Å². The molecule has 0 N–H and O–H groups in total. The van der Waals surface area contributed by atoms with Crippen molar-refractivity contribution in [2.24, 2.45) is 0 Å². The molecule has 0 atom stereocenters. The van der Waals surface area contributed by atoms with Crippen molar-refractivity contribution in [3.63, 3.8) is 0 Å². The maximum atomic E-state index is 13.0. The number of Topliss-reactive ketones (excluding diaryl/α,β-unsaturated/α-hetero) is 1. The molecule has 0 saturated carbocycles. The van der Waals surface area contributed by atoms with E-state index in [0.29, 0.717) is 28.2 Å². The molecule has 1 amide bonds. The van der Waals surface area contributed by atoms with Gasteiger partial charge in [-0.3, -0.25) is 18.4 Å². The molecule has 2 aliphatic heterocycles. The van der Waals surface area contributed by atoms with Gasteiger partial charge in [0.15, 0.2) is 0 Å². The van der Waals surface area contributed by atoms with E-state index in [1.807, 2.05) is 48.1 Å². The number of ether oxygens (including phenoxy) is 2. The number of nitrogens with zero attached hydrogens (tertiary/aromatic N) is 2. The van der Waals surface area contributed by atoms with Gasteiger partial charge in [0.1, 0.15) is 16.1 Å². The van der Waals surface area contributed by atoms with Crippen molar-refractivity contribution in [2.75, 3.05) is 18.6 Å². The molecule has 8 heteroatoms. The maximum absolute atomic E-state index is 13.0. The number of rotatable bonds is 7. The summed E-state index contributed by atoms with van der Waals surface area (Å²) < 4.78 is 13.9. The van der Waals surface area contributed by atoms with Crippen LogP contribution in [0.15, 0.2) is 36.4 Å². The first kappa shape index (κ1) is 22.8. The number of hydrogen-bond acceptors (Lipinski definition) is 6. The molecular formula is C26H26N2O4S2. The van der Waals surface area contributed by atoms with Gasteiger partial charge in [-0.25, -0.2) is 0 Å². The molecule has 2 aromatic carbocycles. The summed E-state index contributed by atoms with van der Waals surface area (Å²) in [5, 5.41) is 0. The molecule has 0 spiro atoms. The van der Waals surface area contributed by atoms with Gasteiger partial charge in [0.2, 0.25) is 0 Å². The lowest BCUT2D eigenvalue weighted by molar-refractivity contribution is -0.115. The summed E-state index contributed by atoms with van der Waals surface area (Å²) in [5.74, 6) is 0.332. The highest BCUT2D eigenvalue weighted by Gasteiger charge is 2.51. The molecule has 3 aromatic rings. The standard InChI is InChI=1S/C26H26N2O4S2/c1-5-6-7-12-32-16-10-8-15(9-11-16)28-25(33)20-18-13-17(31-4)14-19-21(18)27(24(30)22(19)29)26(2,3)23(20)34-28/h8-11,13-14H,5-7,12H2,1-4H3. The number of fused-ring (bicyclic) bond motifs is 2. The molecule has 0 bridgehead atoms. The first-order valence-electron chi connectivity index (χ1n) is 11.4. The Morgan fingerprint density at radius 1 is 1.03 bits per heavy atom. The molecule has 34 heavy (non-hydrogen) atoms. The van der Waals surface area contributed by atoms with E-state index in [4.69, 9.17) is 21.7 Å². The van der Waals surface area contributed by atoms with E-state index in [9.17, 15) is 9.59 Å². The Kier molecular flexibility index (Phi) is 5.61. The number of carbonyl (C=O) groups excluding carboxylic acids is 2. The predicted octanol–water partition coefficient (Wildman–Crippen LogP) is 6.29. The van der Waals surface area contributed by atoms with E-state index >= 15 is 0 Å². The smallest absolute Gasteiger partial charge is 0.300 e.